The van der Waals surface area contributed by atoms with E-state index in [1.807, 2.05) is 42.5 Å². The molecule has 2 aromatic heterocycles. The minimum Gasteiger partial charge on any atom is -0.485 e. The molecule has 0 amide bonds. The van der Waals surface area contributed by atoms with E-state index in [0.29, 0.717) is 33.4 Å². The third-order valence-corrected chi connectivity index (χ3v) is 6.03. The van der Waals surface area contributed by atoms with E-state index in [9.17, 15) is 4.79 Å². The fourth-order valence-corrected chi connectivity index (χ4v) is 4.28. The van der Waals surface area contributed by atoms with Crippen LogP contribution in [0.1, 0.15) is 43.8 Å². The van der Waals surface area contributed by atoms with Crippen molar-refractivity contribution >= 4 is 22.4 Å². The number of aromatic nitrogens is 3. The largest absolute Gasteiger partial charge is 0.485 e. The van der Waals surface area contributed by atoms with Gasteiger partial charge in [0.05, 0.1) is 4.53 Å². The van der Waals surface area contributed by atoms with Crippen LogP contribution >= 0.6 is 11.3 Å². The first kappa shape index (κ1) is 18.8. The molecule has 0 aliphatic carbocycles. The van der Waals surface area contributed by atoms with Crippen LogP contribution in [-0.2, 0) is 5.41 Å². The molecule has 1 aliphatic rings. The first-order chi connectivity index (χ1) is 14.4. The zero-order valence-corrected chi connectivity index (χ0v) is 17.8. The lowest BCUT2D eigenvalue weighted by atomic mass is 9.87. The van der Waals surface area contributed by atoms with Gasteiger partial charge in [-0.25, -0.2) is 0 Å². The smallest absolute Gasteiger partial charge is 0.291 e. The Balaban J connectivity index is 1.45. The molecule has 0 fully saturated rings. The number of nitrogens with zero attached hydrogens (tertiary/aromatic N) is 3. The topological polar surface area (TPSA) is 65.7 Å². The molecule has 152 valence electrons. The van der Waals surface area contributed by atoms with Crippen LogP contribution in [0.25, 0.3) is 11.0 Å². The Bertz CT molecular complexity index is 1330. The SMILES string of the molecule is CC(C)(C)c1ccc(/C=c2\sc3nc([C@@H]4COc5ccccc5O4)nn3c2=O)cc1. The van der Waals surface area contributed by atoms with Crippen molar-refractivity contribution in [1.82, 2.24) is 14.6 Å². The summed E-state index contributed by atoms with van der Waals surface area (Å²) in [4.78, 5) is 17.9. The normalized spacial score (nSPS) is 16.9. The second-order valence-electron chi connectivity index (χ2n) is 8.32. The fourth-order valence-electron chi connectivity index (χ4n) is 3.36. The molecular weight excluding hydrogens is 398 g/mol. The number of para-hydroxylation sites is 2. The summed E-state index contributed by atoms with van der Waals surface area (Å²) in [6.45, 7) is 6.85. The second kappa shape index (κ2) is 6.95. The summed E-state index contributed by atoms with van der Waals surface area (Å²) >= 11 is 1.32. The molecule has 0 saturated carbocycles. The molecule has 1 atom stereocenters. The summed E-state index contributed by atoms with van der Waals surface area (Å²) in [6.07, 6.45) is 1.44. The van der Waals surface area contributed by atoms with Crippen molar-refractivity contribution in [2.45, 2.75) is 32.3 Å². The highest BCUT2D eigenvalue weighted by atomic mass is 32.1. The highest BCUT2D eigenvalue weighted by Crippen LogP contribution is 2.35. The molecule has 0 unspecified atom stereocenters. The number of hydrogen-bond acceptors (Lipinski definition) is 6. The number of rotatable bonds is 2. The predicted octanol–water partition coefficient (Wildman–Crippen LogP) is 3.51. The number of hydrogen-bond donors (Lipinski definition) is 0. The third kappa shape index (κ3) is 3.35. The van der Waals surface area contributed by atoms with Crippen LogP contribution in [0.3, 0.4) is 0 Å². The summed E-state index contributed by atoms with van der Waals surface area (Å²) in [7, 11) is 0. The first-order valence-corrected chi connectivity index (χ1v) is 10.6. The highest BCUT2D eigenvalue weighted by molar-refractivity contribution is 7.15. The van der Waals surface area contributed by atoms with E-state index in [2.05, 4.69) is 43.0 Å². The minimum absolute atomic E-state index is 0.0948. The molecule has 7 heteroatoms. The summed E-state index contributed by atoms with van der Waals surface area (Å²) in [5, 5.41) is 4.40. The van der Waals surface area contributed by atoms with Gasteiger partial charge < -0.3 is 9.47 Å². The minimum atomic E-state index is -0.441. The number of thiazole rings is 1. The molecule has 0 spiro atoms. The van der Waals surface area contributed by atoms with Crippen molar-refractivity contribution in [3.8, 4) is 11.5 Å². The van der Waals surface area contributed by atoms with Gasteiger partial charge in [-0.15, -0.1) is 5.10 Å². The van der Waals surface area contributed by atoms with E-state index in [1.54, 1.807) is 0 Å². The van der Waals surface area contributed by atoms with Crippen molar-refractivity contribution in [2.75, 3.05) is 6.61 Å². The van der Waals surface area contributed by atoms with Crippen LogP contribution in [0.15, 0.2) is 53.3 Å². The molecule has 0 bridgehead atoms. The summed E-state index contributed by atoms with van der Waals surface area (Å²) < 4.78 is 13.6. The molecule has 0 N–H and O–H groups in total. The van der Waals surface area contributed by atoms with E-state index in [0.717, 1.165) is 5.56 Å². The first-order valence-electron chi connectivity index (χ1n) is 9.79. The highest BCUT2D eigenvalue weighted by Gasteiger charge is 2.27. The summed E-state index contributed by atoms with van der Waals surface area (Å²) in [5.74, 6) is 1.81. The Kier molecular flexibility index (Phi) is 4.36. The van der Waals surface area contributed by atoms with E-state index >= 15 is 0 Å². The van der Waals surface area contributed by atoms with Gasteiger partial charge in [-0.1, -0.05) is 68.5 Å². The molecule has 0 radical (unpaired) electrons. The van der Waals surface area contributed by atoms with E-state index in [4.69, 9.17) is 9.47 Å². The Hall–Kier alpha value is -3.19. The average Bonchev–Trinajstić information content (AvgIpc) is 3.27. The lowest BCUT2D eigenvalue weighted by Gasteiger charge is -2.24. The molecule has 6 nitrogen and oxygen atoms in total. The Morgan fingerprint density at radius 2 is 1.83 bits per heavy atom. The lowest BCUT2D eigenvalue weighted by Crippen LogP contribution is -2.26. The molecule has 30 heavy (non-hydrogen) atoms. The van der Waals surface area contributed by atoms with E-state index in [1.165, 1.54) is 21.4 Å². The van der Waals surface area contributed by atoms with Crippen LogP contribution < -0.4 is 19.6 Å². The lowest BCUT2D eigenvalue weighted by molar-refractivity contribution is 0.0852. The van der Waals surface area contributed by atoms with Gasteiger partial charge in [0.2, 0.25) is 4.96 Å². The van der Waals surface area contributed by atoms with Crippen LogP contribution in [0.5, 0.6) is 11.5 Å². The van der Waals surface area contributed by atoms with Crippen molar-refractivity contribution in [2.24, 2.45) is 0 Å². The molecule has 3 heterocycles. The van der Waals surface area contributed by atoms with Gasteiger partial charge in [0.1, 0.15) is 6.61 Å². The maximum atomic E-state index is 12.8. The van der Waals surface area contributed by atoms with Crippen molar-refractivity contribution in [3.63, 3.8) is 0 Å². The average molecular weight is 420 g/mol. The van der Waals surface area contributed by atoms with Crippen LogP contribution in [0.2, 0.25) is 0 Å². The van der Waals surface area contributed by atoms with Gasteiger partial charge in [0, 0.05) is 0 Å². The number of ether oxygens (including phenoxy) is 2. The number of fused-ring (bicyclic) bond motifs is 2. The van der Waals surface area contributed by atoms with Crippen molar-refractivity contribution in [1.29, 1.82) is 0 Å². The van der Waals surface area contributed by atoms with Crippen LogP contribution in [0.4, 0.5) is 0 Å². The van der Waals surface area contributed by atoms with Crippen LogP contribution in [-0.4, -0.2) is 21.2 Å². The number of benzene rings is 2. The monoisotopic (exact) mass is 419 g/mol. The van der Waals surface area contributed by atoms with Gasteiger partial charge >= 0.3 is 0 Å². The van der Waals surface area contributed by atoms with Gasteiger partial charge in [-0.05, 0) is 34.8 Å². The van der Waals surface area contributed by atoms with Gasteiger partial charge in [0.15, 0.2) is 23.4 Å². The van der Waals surface area contributed by atoms with Crippen molar-refractivity contribution < 1.29 is 9.47 Å². The quantitative estimate of drug-likeness (QED) is 0.498. The zero-order valence-electron chi connectivity index (χ0n) is 17.0. The predicted molar refractivity (Wildman–Crippen MR) is 116 cm³/mol. The molecule has 0 saturated heterocycles. The Labute approximate surface area is 177 Å². The van der Waals surface area contributed by atoms with Crippen molar-refractivity contribution in [3.05, 3.63) is 80.4 Å². The maximum absolute atomic E-state index is 12.8. The molecular formula is C23H21N3O3S. The van der Waals surface area contributed by atoms with Gasteiger partial charge in [-0.3, -0.25) is 4.79 Å². The van der Waals surface area contributed by atoms with Crippen LogP contribution in [0, 0.1) is 0 Å². The molecule has 4 aromatic rings. The summed E-state index contributed by atoms with van der Waals surface area (Å²) in [6, 6.07) is 15.8. The van der Waals surface area contributed by atoms with Gasteiger partial charge in [0.25, 0.3) is 5.56 Å². The molecule has 1 aliphatic heterocycles. The fraction of sp³-hybridized carbons (Fsp3) is 0.261. The Morgan fingerprint density at radius 1 is 1.10 bits per heavy atom. The molecule has 2 aromatic carbocycles. The maximum Gasteiger partial charge on any atom is 0.291 e. The van der Waals surface area contributed by atoms with E-state index < -0.39 is 6.10 Å². The standard InChI is InChI=1S/C23H21N3O3S/c1-23(2,3)15-10-8-14(9-11-15)12-19-21(27)26-22(30-19)24-20(25-26)18-13-28-16-6-4-5-7-17(16)29-18/h4-12,18H,13H2,1-3H3/b19-12-/t18-/m0/s1. The van der Waals surface area contributed by atoms with Gasteiger partial charge in [-0.2, -0.15) is 9.50 Å². The zero-order chi connectivity index (χ0) is 20.9. The summed E-state index contributed by atoms with van der Waals surface area (Å²) in [5.41, 5.74) is 2.15. The van der Waals surface area contributed by atoms with E-state index in [-0.39, 0.29) is 11.0 Å². The Morgan fingerprint density at radius 3 is 2.53 bits per heavy atom. The third-order valence-electron chi connectivity index (χ3n) is 5.07. The second-order valence-corrected chi connectivity index (χ2v) is 9.33. The molecule has 5 rings (SSSR count).